The second-order valence-electron chi connectivity index (χ2n) is 2.30. The largest absolute Gasteiger partial charge is 0.323 e. The Balaban J connectivity index is 2.82. The highest BCUT2D eigenvalue weighted by molar-refractivity contribution is 4.99. The Labute approximate surface area is 60.0 Å². The van der Waals surface area contributed by atoms with Crippen LogP contribution >= 0.6 is 0 Å². The van der Waals surface area contributed by atoms with Gasteiger partial charge < -0.3 is 5.73 Å². The number of aryl methyl sites for hydroxylation is 1. The first-order chi connectivity index (χ1) is 4.75. The van der Waals surface area contributed by atoms with Gasteiger partial charge in [-0.05, 0) is 6.42 Å². The molecule has 0 saturated carbocycles. The zero-order valence-electron chi connectivity index (χ0n) is 6.28. The van der Waals surface area contributed by atoms with Gasteiger partial charge in [-0.25, -0.2) is 0 Å². The Morgan fingerprint density at radius 1 is 1.80 bits per heavy atom. The summed E-state index contributed by atoms with van der Waals surface area (Å²) < 4.78 is 1.70. The number of rotatable bonds is 2. The van der Waals surface area contributed by atoms with Crippen LogP contribution < -0.4 is 5.73 Å². The van der Waals surface area contributed by atoms with Crippen LogP contribution in [0.3, 0.4) is 0 Å². The van der Waals surface area contributed by atoms with Gasteiger partial charge in [0.2, 0.25) is 0 Å². The Kier molecular flexibility index (Phi) is 2.01. The molecule has 0 aromatic carbocycles. The second-order valence-corrected chi connectivity index (χ2v) is 2.30. The molecule has 10 heavy (non-hydrogen) atoms. The number of aromatic nitrogens is 3. The summed E-state index contributed by atoms with van der Waals surface area (Å²) in [4.78, 5) is 0. The summed E-state index contributed by atoms with van der Waals surface area (Å²) in [6, 6.07) is 0.0694. The van der Waals surface area contributed by atoms with Gasteiger partial charge in [0.15, 0.2) is 0 Å². The first-order valence-electron chi connectivity index (χ1n) is 3.36. The lowest BCUT2D eigenvalue weighted by atomic mass is 10.2. The lowest BCUT2D eigenvalue weighted by Gasteiger charge is -2.06. The molecule has 1 atom stereocenters. The van der Waals surface area contributed by atoms with Crippen LogP contribution in [-0.2, 0) is 7.05 Å². The molecular formula is C6H12N4. The van der Waals surface area contributed by atoms with Crippen molar-refractivity contribution in [2.45, 2.75) is 19.4 Å². The molecular weight excluding hydrogens is 128 g/mol. The third kappa shape index (κ3) is 1.16. The minimum absolute atomic E-state index is 0.0694. The van der Waals surface area contributed by atoms with E-state index in [1.807, 2.05) is 14.0 Å². The molecule has 0 fully saturated rings. The van der Waals surface area contributed by atoms with E-state index in [0.717, 1.165) is 12.1 Å². The Bertz CT molecular complexity index is 205. The van der Waals surface area contributed by atoms with E-state index in [0.29, 0.717) is 0 Å². The SMILES string of the molecule is CC[C@@H](N)c1cnnn1C. The van der Waals surface area contributed by atoms with E-state index in [1.165, 1.54) is 0 Å². The van der Waals surface area contributed by atoms with Crippen LogP contribution in [0.2, 0.25) is 0 Å². The highest BCUT2D eigenvalue weighted by Gasteiger charge is 2.06. The molecule has 1 rings (SSSR count). The van der Waals surface area contributed by atoms with Gasteiger partial charge in [0.1, 0.15) is 0 Å². The lowest BCUT2D eigenvalue weighted by Crippen LogP contribution is -2.13. The van der Waals surface area contributed by atoms with Crippen molar-refractivity contribution in [1.82, 2.24) is 15.0 Å². The Hall–Kier alpha value is -0.900. The number of hydrogen-bond donors (Lipinski definition) is 1. The average molecular weight is 140 g/mol. The maximum Gasteiger partial charge on any atom is 0.0750 e. The molecule has 1 aromatic heterocycles. The standard InChI is InChI=1S/C6H12N4/c1-3-5(7)6-4-8-9-10(6)2/h4-5H,3,7H2,1-2H3/t5-/m1/s1. The normalized spacial score (nSPS) is 13.5. The second kappa shape index (κ2) is 2.79. The predicted molar refractivity (Wildman–Crippen MR) is 38.2 cm³/mol. The van der Waals surface area contributed by atoms with Gasteiger partial charge in [-0.3, -0.25) is 4.68 Å². The number of nitrogens with zero attached hydrogens (tertiary/aromatic N) is 3. The third-order valence-electron chi connectivity index (χ3n) is 1.57. The molecule has 4 nitrogen and oxygen atoms in total. The minimum Gasteiger partial charge on any atom is -0.323 e. The van der Waals surface area contributed by atoms with Gasteiger partial charge in [0.05, 0.1) is 11.9 Å². The molecule has 0 aliphatic rings. The van der Waals surface area contributed by atoms with Gasteiger partial charge in [-0.1, -0.05) is 12.1 Å². The molecule has 0 radical (unpaired) electrons. The smallest absolute Gasteiger partial charge is 0.0750 e. The highest BCUT2D eigenvalue weighted by Crippen LogP contribution is 2.09. The molecule has 0 bridgehead atoms. The number of nitrogens with two attached hydrogens (primary N) is 1. The van der Waals surface area contributed by atoms with Crippen molar-refractivity contribution in [2.24, 2.45) is 12.8 Å². The molecule has 0 spiro atoms. The summed E-state index contributed by atoms with van der Waals surface area (Å²) >= 11 is 0. The molecule has 0 saturated heterocycles. The van der Waals surface area contributed by atoms with Crippen molar-refractivity contribution in [3.8, 4) is 0 Å². The Morgan fingerprint density at radius 3 is 2.90 bits per heavy atom. The van der Waals surface area contributed by atoms with E-state index >= 15 is 0 Å². The fourth-order valence-electron chi connectivity index (χ4n) is 0.842. The molecule has 4 heteroatoms. The van der Waals surface area contributed by atoms with Gasteiger partial charge >= 0.3 is 0 Å². The van der Waals surface area contributed by atoms with E-state index in [1.54, 1.807) is 10.9 Å². The molecule has 56 valence electrons. The molecule has 0 amide bonds. The maximum atomic E-state index is 5.74. The summed E-state index contributed by atoms with van der Waals surface area (Å²) in [7, 11) is 1.85. The van der Waals surface area contributed by atoms with Gasteiger partial charge in [-0.2, -0.15) is 0 Å². The van der Waals surface area contributed by atoms with Crippen LogP contribution in [0.15, 0.2) is 6.20 Å². The van der Waals surface area contributed by atoms with Crippen LogP contribution in [0.4, 0.5) is 0 Å². The zero-order valence-corrected chi connectivity index (χ0v) is 6.28. The number of hydrogen-bond acceptors (Lipinski definition) is 3. The quantitative estimate of drug-likeness (QED) is 0.639. The molecule has 1 aromatic rings. The summed E-state index contributed by atoms with van der Waals surface area (Å²) in [5.41, 5.74) is 6.73. The average Bonchev–Trinajstić information content (AvgIpc) is 2.34. The summed E-state index contributed by atoms with van der Waals surface area (Å²) in [6.45, 7) is 2.04. The van der Waals surface area contributed by atoms with Crippen LogP contribution in [0.5, 0.6) is 0 Å². The molecule has 2 N–H and O–H groups in total. The first kappa shape index (κ1) is 7.21. The van der Waals surface area contributed by atoms with Crippen molar-refractivity contribution in [1.29, 1.82) is 0 Å². The minimum atomic E-state index is 0.0694. The van der Waals surface area contributed by atoms with Crippen molar-refractivity contribution < 1.29 is 0 Å². The lowest BCUT2D eigenvalue weighted by molar-refractivity contribution is 0.597. The Morgan fingerprint density at radius 2 is 2.50 bits per heavy atom. The zero-order chi connectivity index (χ0) is 7.56. The van der Waals surface area contributed by atoms with E-state index < -0.39 is 0 Å². The van der Waals surface area contributed by atoms with E-state index in [4.69, 9.17) is 5.73 Å². The highest BCUT2D eigenvalue weighted by atomic mass is 15.4. The van der Waals surface area contributed by atoms with E-state index in [2.05, 4.69) is 10.3 Å². The van der Waals surface area contributed by atoms with Crippen LogP contribution in [-0.4, -0.2) is 15.0 Å². The fourth-order valence-corrected chi connectivity index (χ4v) is 0.842. The topological polar surface area (TPSA) is 56.7 Å². The van der Waals surface area contributed by atoms with Gasteiger partial charge in [0.25, 0.3) is 0 Å². The monoisotopic (exact) mass is 140 g/mol. The summed E-state index contributed by atoms with van der Waals surface area (Å²) in [5, 5.41) is 7.50. The van der Waals surface area contributed by atoms with E-state index in [9.17, 15) is 0 Å². The van der Waals surface area contributed by atoms with E-state index in [-0.39, 0.29) is 6.04 Å². The van der Waals surface area contributed by atoms with Crippen molar-refractivity contribution in [3.63, 3.8) is 0 Å². The van der Waals surface area contributed by atoms with Crippen LogP contribution in [0.25, 0.3) is 0 Å². The molecule has 0 aliphatic carbocycles. The maximum absolute atomic E-state index is 5.74. The molecule has 1 heterocycles. The summed E-state index contributed by atoms with van der Waals surface area (Å²) in [5.74, 6) is 0. The van der Waals surface area contributed by atoms with Crippen LogP contribution in [0.1, 0.15) is 25.1 Å². The third-order valence-corrected chi connectivity index (χ3v) is 1.57. The van der Waals surface area contributed by atoms with Crippen LogP contribution in [0, 0.1) is 0 Å². The molecule has 0 unspecified atom stereocenters. The fraction of sp³-hybridized carbons (Fsp3) is 0.667. The van der Waals surface area contributed by atoms with Gasteiger partial charge in [0, 0.05) is 13.1 Å². The van der Waals surface area contributed by atoms with Gasteiger partial charge in [-0.15, -0.1) is 5.10 Å². The first-order valence-corrected chi connectivity index (χ1v) is 3.36. The van der Waals surface area contributed by atoms with Crippen molar-refractivity contribution >= 4 is 0 Å². The van der Waals surface area contributed by atoms with Crippen molar-refractivity contribution in [2.75, 3.05) is 0 Å². The summed E-state index contributed by atoms with van der Waals surface area (Å²) in [6.07, 6.45) is 2.62. The predicted octanol–water partition coefficient (Wildman–Crippen LogP) is 0.225. The van der Waals surface area contributed by atoms with Crippen molar-refractivity contribution in [3.05, 3.63) is 11.9 Å². The molecule has 0 aliphatic heterocycles.